The van der Waals surface area contributed by atoms with Crippen LogP contribution in [0.5, 0.6) is 0 Å². The summed E-state index contributed by atoms with van der Waals surface area (Å²) in [6.07, 6.45) is 1.55. The molecule has 0 aromatic rings. The van der Waals surface area contributed by atoms with E-state index in [1.807, 2.05) is 0 Å². The lowest BCUT2D eigenvalue weighted by molar-refractivity contribution is -0.143. The standard InChI is InChI=1S/C10H22O3.C4H6O4/c1-3-5-11-7-9-13-10-8-12-6-4-2;5-3(6)1-2-4(7)8/h3-10H2,1-2H3;1-2H2,(H,5,6)(H,7,8). The Hall–Kier alpha value is -1.18. The van der Waals surface area contributed by atoms with Crippen molar-refractivity contribution in [3.8, 4) is 0 Å². The Morgan fingerprint density at radius 3 is 1.19 bits per heavy atom. The molecule has 0 heterocycles. The Labute approximate surface area is 126 Å². The second kappa shape index (κ2) is 18.8. The highest BCUT2D eigenvalue weighted by Gasteiger charge is 2.00. The molecule has 21 heavy (non-hydrogen) atoms. The number of hydrogen-bond donors (Lipinski definition) is 2. The third-order valence-electron chi connectivity index (χ3n) is 1.99. The van der Waals surface area contributed by atoms with E-state index in [9.17, 15) is 9.59 Å². The van der Waals surface area contributed by atoms with Crippen molar-refractivity contribution < 1.29 is 34.0 Å². The molecule has 0 saturated carbocycles. The van der Waals surface area contributed by atoms with Gasteiger partial charge in [-0.1, -0.05) is 13.8 Å². The second-order valence-corrected chi connectivity index (χ2v) is 4.12. The molecule has 7 heteroatoms. The van der Waals surface area contributed by atoms with Gasteiger partial charge >= 0.3 is 11.9 Å². The van der Waals surface area contributed by atoms with Crippen molar-refractivity contribution in [3.05, 3.63) is 0 Å². The van der Waals surface area contributed by atoms with E-state index in [1.165, 1.54) is 0 Å². The lowest BCUT2D eigenvalue weighted by atomic mass is 10.3. The summed E-state index contributed by atoms with van der Waals surface area (Å²) in [7, 11) is 0. The van der Waals surface area contributed by atoms with Crippen LogP contribution in [0.1, 0.15) is 39.5 Å². The summed E-state index contributed by atoms with van der Waals surface area (Å²) in [6.45, 7) is 8.60. The first-order chi connectivity index (χ1) is 10.0. The molecule has 0 aliphatic carbocycles. The topological polar surface area (TPSA) is 102 Å². The minimum atomic E-state index is -1.08. The highest BCUT2D eigenvalue weighted by Crippen LogP contribution is 1.86. The average Bonchev–Trinajstić information content (AvgIpc) is 2.44. The molecule has 0 amide bonds. The van der Waals surface area contributed by atoms with E-state index in [0.29, 0.717) is 26.4 Å². The SMILES string of the molecule is CCCOCCOCCOCCC.O=C(O)CCC(=O)O. The summed E-state index contributed by atoms with van der Waals surface area (Å²) in [5.74, 6) is -2.15. The smallest absolute Gasteiger partial charge is 0.303 e. The maximum absolute atomic E-state index is 9.64. The Morgan fingerprint density at radius 1 is 0.667 bits per heavy atom. The van der Waals surface area contributed by atoms with Crippen LogP contribution in [-0.4, -0.2) is 61.8 Å². The molecule has 0 saturated heterocycles. The van der Waals surface area contributed by atoms with Crippen LogP contribution in [0.2, 0.25) is 0 Å². The molecule has 0 radical (unpaired) electrons. The molecule has 0 bridgehead atoms. The Bertz CT molecular complexity index is 219. The van der Waals surface area contributed by atoms with Gasteiger partial charge in [-0.15, -0.1) is 0 Å². The molecule has 126 valence electrons. The maximum Gasteiger partial charge on any atom is 0.303 e. The lowest BCUT2D eigenvalue weighted by Gasteiger charge is -2.05. The number of ether oxygens (including phenoxy) is 3. The van der Waals surface area contributed by atoms with Crippen LogP contribution >= 0.6 is 0 Å². The Kier molecular flexibility index (Phi) is 19.8. The van der Waals surface area contributed by atoms with E-state index in [2.05, 4.69) is 13.8 Å². The van der Waals surface area contributed by atoms with Gasteiger partial charge in [-0.2, -0.15) is 0 Å². The highest BCUT2D eigenvalue weighted by molar-refractivity contribution is 5.75. The average molecular weight is 308 g/mol. The van der Waals surface area contributed by atoms with Crippen LogP contribution in [0.15, 0.2) is 0 Å². The zero-order valence-corrected chi connectivity index (χ0v) is 13.0. The van der Waals surface area contributed by atoms with Crippen LogP contribution in [0.25, 0.3) is 0 Å². The van der Waals surface area contributed by atoms with E-state index in [1.54, 1.807) is 0 Å². The number of carboxylic acid groups (broad SMARTS) is 2. The summed E-state index contributed by atoms with van der Waals surface area (Å²) >= 11 is 0. The third kappa shape index (κ3) is 27.9. The summed E-state index contributed by atoms with van der Waals surface area (Å²) in [4.78, 5) is 19.3. The van der Waals surface area contributed by atoms with Crippen molar-refractivity contribution in [3.63, 3.8) is 0 Å². The molecule has 7 nitrogen and oxygen atoms in total. The van der Waals surface area contributed by atoms with Gasteiger partial charge in [-0.3, -0.25) is 9.59 Å². The lowest BCUT2D eigenvalue weighted by Crippen LogP contribution is -2.09. The van der Waals surface area contributed by atoms with Crippen LogP contribution in [-0.2, 0) is 23.8 Å². The molecule has 0 atom stereocenters. The fourth-order valence-corrected chi connectivity index (χ4v) is 1.04. The minimum Gasteiger partial charge on any atom is -0.481 e. The van der Waals surface area contributed by atoms with Gasteiger partial charge < -0.3 is 24.4 Å². The molecule has 0 fully saturated rings. The highest BCUT2D eigenvalue weighted by atomic mass is 16.5. The molecule has 0 aromatic heterocycles. The molecule has 2 N–H and O–H groups in total. The van der Waals surface area contributed by atoms with Crippen LogP contribution in [0, 0.1) is 0 Å². The normalized spacial score (nSPS) is 9.81. The molecule has 0 aromatic carbocycles. The number of carboxylic acids is 2. The zero-order chi connectivity index (χ0) is 16.3. The number of carbonyl (C=O) groups is 2. The minimum absolute atomic E-state index is 0.296. The number of aliphatic carboxylic acids is 2. The van der Waals surface area contributed by atoms with Gasteiger partial charge in [-0.05, 0) is 12.8 Å². The molecular weight excluding hydrogens is 280 g/mol. The number of rotatable bonds is 13. The molecule has 0 aliphatic rings. The quantitative estimate of drug-likeness (QED) is 0.500. The van der Waals surface area contributed by atoms with Crippen LogP contribution < -0.4 is 0 Å². The predicted molar refractivity (Wildman–Crippen MR) is 77.5 cm³/mol. The van der Waals surface area contributed by atoms with E-state index in [-0.39, 0.29) is 12.8 Å². The van der Waals surface area contributed by atoms with Gasteiger partial charge in [0.25, 0.3) is 0 Å². The summed E-state index contributed by atoms with van der Waals surface area (Å²) in [5, 5.41) is 15.8. The Balaban J connectivity index is 0. The Morgan fingerprint density at radius 2 is 0.952 bits per heavy atom. The maximum atomic E-state index is 9.64. The first-order valence-corrected chi connectivity index (χ1v) is 7.21. The molecule has 0 aliphatic heterocycles. The van der Waals surface area contributed by atoms with Crippen LogP contribution in [0.3, 0.4) is 0 Å². The first-order valence-electron chi connectivity index (χ1n) is 7.21. The van der Waals surface area contributed by atoms with E-state index >= 15 is 0 Å². The van der Waals surface area contributed by atoms with Crippen molar-refractivity contribution in [2.24, 2.45) is 0 Å². The van der Waals surface area contributed by atoms with Gasteiger partial charge in [0, 0.05) is 13.2 Å². The van der Waals surface area contributed by atoms with Gasteiger partial charge in [0.2, 0.25) is 0 Å². The predicted octanol–water partition coefficient (Wildman–Crippen LogP) is 1.79. The van der Waals surface area contributed by atoms with Crippen LogP contribution in [0.4, 0.5) is 0 Å². The van der Waals surface area contributed by atoms with Crippen molar-refractivity contribution in [2.45, 2.75) is 39.5 Å². The third-order valence-corrected chi connectivity index (χ3v) is 1.99. The first kappa shape index (κ1) is 22.1. The largest absolute Gasteiger partial charge is 0.481 e. The van der Waals surface area contributed by atoms with E-state index in [4.69, 9.17) is 24.4 Å². The van der Waals surface area contributed by atoms with Gasteiger partial charge in [-0.25, -0.2) is 0 Å². The summed E-state index contributed by atoms with van der Waals surface area (Å²) in [5.41, 5.74) is 0. The van der Waals surface area contributed by atoms with Crippen molar-refractivity contribution in [1.29, 1.82) is 0 Å². The van der Waals surface area contributed by atoms with E-state index in [0.717, 1.165) is 26.1 Å². The zero-order valence-electron chi connectivity index (χ0n) is 13.0. The van der Waals surface area contributed by atoms with E-state index < -0.39 is 11.9 Å². The monoisotopic (exact) mass is 308 g/mol. The van der Waals surface area contributed by atoms with Gasteiger partial charge in [0.1, 0.15) is 0 Å². The molecule has 0 spiro atoms. The second-order valence-electron chi connectivity index (χ2n) is 4.12. The fourth-order valence-electron chi connectivity index (χ4n) is 1.04. The fraction of sp³-hybridized carbons (Fsp3) is 0.857. The molecule has 0 rings (SSSR count). The number of hydrogen-bond acceptors (Lipinski definition) is 5. The molecular formula is C14H28O7. The van der Waals surface area contributed by atoms with Crippen molar-refractivity contribution in [1.82, 2.24) is 0 Å². The molecule has 0 unspecified atom stereocenters. The van der Waals surface area contributed by atoms with Gasteiger partial charge in [0.15, 0.2) is 0 Å². The van der Waals surface area contributed by atoms with Crippen molar-refractivity contribution in [2.75, 3.05) is 39.6 Å². The summed E-state index contributed by atoms with van der Waals surface area (Å²) < 4.78 is 15.8. The summed E-state index contributed by atoms with van der Waals surface area (Å²) in [6, 6.07) is 0. The van der Waals surface area contributed by atoms with Gasteiger partial charge in [0.05, 0.1) is 39.3 Å². The van der Waals surface area contributed by atoms with Crippen molar-refractivity contribution >= 4 is 11.9 Å².